The molecule has 2 saturated heterocycles. The highest BCUT2D eigenvalue weighted by molar-refractivity contribution is 5.90. The van der Waals surface area contributed by atoms with E-state index in [2.05, 4.69) is 15.0 Å². The molecule has 4 rings (SSSR count). The molecule has 1 aromatic heterocycles. The lowest BCUT2D eigenvalue weighted by atomic mass is 9.98. The molecular weight excluding hydrogens is 282 g/mol. The summed E-state index contributed by atoms with van der Waals surface area (Å²) >= 11 is 0. The van der Waals surface area contributed by atoms with E-state index in [9.17, 15) is 4.79 Å². The lowest BCUT2D eigenvalue weighted by Gasteiger charge is -2.47. The van der Waals surface area contributed by atoms with Gasteiger partial charge < -0.3 is 9.64 Å². The predicted molar refractivity (Wildman–Crippen MR) is 79.3 cm³/mol. The summed E-state index contributed by atoms with van der Waals surface area (Å²) in [7, 11) is 1.78. The van der Waals surface area contributed by atoms with Crippen LogP contribution in [-0.4, -0.2) is 75.4 Å². The Labute approximate surface area is 130 Å². The maximum Gasteiger partial charge on any atom is 0.293 e. The van der Waals surface area contributed by atoms with E-state index in [0.717, 1.165) is 45.1 Å². The van der Waals surface area contributed by atoms with Gasteiger partial charge in [0.15, 0.2) is 0 Å². The van der Waals surface area contributed by atoms with E-state index in [1.807, 2.05) is 4.90 Å². The zero-order chi connectivity index (χ0) is 15.1. The van der Waals surface area contributed by atoms with Gasteiger partial charge in [-0.25, -0.2) is 4.98 Å². The molecule has 1 saturated carbocycles. The average molecular weight is 305 g/mol. The predicted octanol–water partition coefficient (Wildman–Crippen LogP) is 0.140. The third kappa shape index (κ3) is 2.75. The number of rotatable bonds is 3. The number of likely N-dealkylation sites (tertiary alicyclic amines) is 1. The van der Waals surface area contributed by atoms with Crippen molar-refractivity contribution in [1.29, 1.82) is 0 Å². The van der Waals surface area contributed by atoms with Crippen LogP contribution in [0.25, 0.3) is 0 Å². The van der Waals surface area contributed by atoms with Gasteiger partial charge in [-0.3, -0.25) is 14.4 Å². The third-order valence-corrected chi connectivity index (χ3v) is 4.97. The molecule has 0 spiro atoms. The highest BCUT2D eigenvalue weighted by Crippen LogP contribution is 2.33. The van der Waals surface area contributed by atoms with E-state index < -0.39 is 0 Å². The molecule has 7 nitrogen and oxygen atoms in total. The van der Waals surface area contributed by atoms with Crippen molar-refractivity contribution in [3.63, 3.8) is 0 Å². The molecule has 0 N–H and O–H groups in total. The highest BCUT2D eigenvalue weighted by atomic mass is 16.5. The number of ether oxygens (including phenoxy) is 1. The largest absolute Gasteiger partial charge is 0.375 e. The van der Waals surface area contributed by atoms with Crippen molar-refractivity contribution in [3.8, 4) is 0 Å². The number of fused-ring (bicyclic) bond motifs is 1. The van der Waals surface area contributed by atoms with E-state index in [4.69, 9.17) is 4.74 Å². The van der Waals surface area contributed by atoms with Crippen LogP contribution < -0.4 is 0 Å². The molecule has 0 unspecified atom stereocenters. The summed E-state index contributed by atoms with van der Waals surface area (Å²) in [5, 5.41) is 4.14. The Morgan fingerprint density at radius 3 is 2.95 bits per heavy atom. The molecule has 1 aromatic rings. The first-order valence-electron chi connectivity index (χ1n) is 8.21. The topological polar surface area (TPSA) is 63.5 Å². The molecule has 3 aliphatic rings. The molecule has 3 fully saturated rings. The van der Waals surface area contributed by atoms with Gasteiger partial charge in [0.05, 0.1) is 18.8 Å². The molecule has 1 amide bonds. The number of hydrogen-bond donors (Lipinski definition) is 0. The van der Waals surface area contributed by atoms with E-state index in [0.29, 0.717) is 11.9 Å². The Balaban J connectivity index is 1.46. The second-order valence-electron chi connectivity index (χ2n) is 6.70. The maximum absolute atomic E-state index is 12.6. The van der Waals surface area contributed by atoms with Crippen LogP contribution in [-0.2, 0) is 11.8 Å². The third-order valence-electron chi connectivity index (χ3n) is 4.97. The van der Waals surface area contributed by atoms with Gasteiger partial charge in [0.25, 0.3) is 5.91 Å². The Morgan fingerprint density at radius 1 is 1.36 bits per heavy atom. The first-order chi connectivity index (χ1) is 10.7. The van der Waals surface area contributed by atoms with Crippen molar-refractivity contribution in [1.82, 2.24) is 24.6 Å². The molecule has 3 heterocycles. The number of aromatic nitrogens is 3. The molecule has 0 radical (unpaired) electrons. The SMILES string of the molecule is Cn1cnc(C(=O)N2CC[C@@H]3OCCN(CC4CC4)[C@H]3C2)n1. The quantitative estimate of drug-likeness (QED) is 0.795. The van der Waals surface area contributed by atoms with Gasteiger partial charge in [0.2, 0.25) is 5.82 Å². The van der Waals surface area contributed by atoms with Crippen molar-refractivity contribution in [2.75, 3.05) is 32.8 Å². The average Bonchev–Trinajstić information content (AvgIpc) is 3.25. The van der Waals surface area contributed by atoms with Crippen LogP contribution in [0.5, 0.6) is 0 Å². The van der Waals surface area contributed by atoms with Crippen LogP contribution in [0.15, 0.2) is 6.33 Å². The van der Waals surface area contributed by atoms with Gasteiger partial charge in [0, 0.05) is 33.2 Å². The number of hydrogen-bond acceptors (Lipinski definition) is 5. The molecule has 0 aromatic carbocycles. The van der Waals surface area contributed by atoms with E-state index in [-0.39, 0.29) is 12.0 Å². The minimum absolute atomic E-state index is 0.0593. The van der Waals surface area contributed by atoms with Crippen LogP contribution in [0.2, 0.25) is 0 Å². The molecule has 1 aliphatic carbocycles. The summed E-state index contributed by atoms with van der Waals surface area (Å²) < 4.78 is 7.51. The Kier molecular flexibility index (Phi) is 3.62. The second-order valence-corrected chi connectivity index (χ2v) is 6.70. The summed E-state index contributed by atoms with van der Waals surface area (Å²) in [4.78, 5) is 21.1. The van der Waals surface area contributed by atoms with E-state index in [1.165, 1.54) is 12.8 Å². The lowest BCUT2D eigenvalue weighted by Crippen LogP contribution is -2.61. The molecule has 22 heavy (non-hydrogen) atoms. The number of amides is 1. The summed E-state index contributed by atoms with van der Waals surface area (Å²) in [6.07, 6.45) is 5.46. The summed E-state index contributed by atoms with van der Waals surface area (Å²) in [5.41, 5.74) is 0. The number of carbonyl (C=O) groups excluding carboxylic acids is 1. The molecule has 7 heteroatoms. The standard InChI is InChI=1S/C15H23N5O2/c1-18-10-16-14(17-18)15(21)20-5-4-13-12(9-20)19(6-7-22-13)8-11-2-3-11/h10-13H,2-9H2,1H3/t12-,13-/m0/s1. The van der Waals surface area contributed by atoms with Crippen LogP contribution in [0.1, 0.15) is 29.9 Å². The zero-order valence-electron chi connectivity index (χ0n) is 13.0. The number of carbonyl (C=O) groups is 1. The van der Waals surface area contributed by atoms with Gasteiger partial charge >= 0.3 is 0 Å². The van der Waals surface area contributed by atoms with Gasteiger partial charge in [-0.05, 0) is 25.2 Å². The normalized spacial score (nSPS) is 29.4. The Morgan fingerprint density at radius 2 is 2.23 bits per heavy atom. The molecular formula is C15H23N5O2. The molecule has 2 aliphatic heterocycles. The van der Waals surface area contributed by atoms with Crippen LogP contribution >= 0.6 is 0 Å². The first kappa shape index (κ1) is 14.1. The fourth-order valence-corrected chi connectivity index (χ4v) is 3.56. The number of aryl methyl sites for hydroxylation is 1. The smallest absolute Gasteiger partial charge is 0.293 e. The molecule has 120 valence electrons. The fraction of sp³-hybridized carbons (Fsp3) is 0.800. The first-order valence-corrected chi connectivity index (χ1v) is 8.21. The van der Waals surface area contributed by atoms with Crippen molar-refractivity contribution < 1.29 is 9.53 Å². The molecule has 2 atom stereocenters. The maximum atomic E-state index is 12.6. The minimum atomic E-state index is -0.0593. The number of morpholine rings is 1. The zero-order valence-corrected chi connectivity index (χ0v) is 13.0. The van der Waals surface area contributed by atoms with Crippen LogP contribution in [0.3, 0.4) is 0 Å². The van der Waals surface area contributed by atoms with Crippen molar-refractivity contribution in [3.05, 3.63) is 12.2 Å². The van der Waals surface area contributed by atoms with Crippen molar-refractivity contribution >= 4 is 5.91 Å². The van der Waals surface area contributed by atoms with Crippen molar-refractivity contribution in [2.24, 2.45) is 13.0 Å². The summed E-state index contributed by atoms with van der Waals surface area (Å²) in [6, 6.07) is 0.329. The van der Waals surface area contributed by atoms with Gasteiger partial charge in [0.1, 0.15) is 6.33 Å². The monoisotopic (exact) mass is 305 g/mol. The van der Waals surface area contributed by atoms with E-state index in [1.54, 1.807) is 18.1 Å². The number of nitrogens with zero attached hydrogens (tertiary/aromatic N) is 5. The van der Waals surface area contributed by atoms with E-state index >= 15 is 0 Å². The fourth-order valence-electron chi connectivity index (χ4n) is 3.56. The number of piperidine rings is 1. The van der Waals surface area contributed by atoms with Crippen LogP contribution in [0, 0.1) is 5.92 Å². The van der Waals surface area contributed by atoms with Crippen molar-refractivity contribution in [2.45, 2.75) is 31.4 Å². The van der Waals surface area contributed by atoms with Gasteiger partial charge in [-0.2, -0.15) is 0 Å². The Bertz CT molecular complexity index is 556. The minimum Gasteiger partial charge on any atom is -0.375 e. The van der Waals surface area contributed by atoms with Crippen LogP contribution in [0.4, 0.5) is 0 Å². The molecule has 0 bridgehead atoms. The Hall–Kier alpha value is -1.47. The lowest BCUT2D eigenvalue weighted by molar-refractivity contribution is -0.0990. The second kappa shape index (κ2) is 5.62. The summed E-state index contributed by atoms with van der Waals surface area (Å²) in [6.45, 7) is 4.43. The summed E-state index contributed by atoms with van der Waals surface area (Å²) in [5.74, 6) is 1.10. The van der Waals surface area contributed by atoms with Gasteiger partial charge in [-0.15, -0.1) is 5.10 Å². The van der Waals surface area contributed by atoms with Gasteiger partial charge in [-0.1, -0.05) is 0 Å². The highest BCUT2D eigenvalue weighted by Gasteiger charge is 2.40.